The molecule has 1 fully saturated rings. The van der Waals surface area contributed by atoms with E-state index in [9.17, 15) is 0 Å². The predicted molar refractivity (Wildman–Crippen MR) is 276 cm³/mol. The van der Waals surface area contributed by atoms with E-state index in [0.717, 1.165) is 0 Å². The number of nitrogens with zero attached hydrogens (tertiary/aromatic N) is 1. The van der Waals surface area contributed by atoms with Crippen LogP contribution < -0.4 is 4.90 Å². The van der Waals surface area contributed by atoms with Crippen molar-refractivity contribution in [1.29, 1.82) is 0 Å². The number of hydrogen-bond acceptors (Lipinski definition) is 1. The average Bonchev–Trinajstić information content (AvgIpc) is 3.25. The molecule has 0 unspecified atom stereocenters. The highest BCUT2D eigenvalue weighted by Crippen LogP contribution is 2.51. The quantitative estimate of drug-likeness (QED) is 0.155. The van der Waals surface area contributed by atoms with Crippen molar-refractivity contribution in [2.75, 3.05) is 4.90 Å². The van der Waals surface area contributed by atoms with Crippen molar-refractivity contribution in [1.82, 2.24) is 0 Å². The summed E-state index contributed by atoms with van der Waals surface area (Å²) in [5.41, 5.74) is 17.8. The average molecular weight is 830 g/mol. The minimum absolute atomic E-state index is 0.0168. The van der Waals surface area contributed by atoms with E-state index < -0.39 is 0 Å². The van der Waals surface area contributed by atoms with Gasteiger partial charge in [0.1, 0.15) is 0 Å². The molecule has 1 nitrogen and oxygen atoms in total. The zero-order chi connectivity index (χ0) is 44.9. The number of anilines is 3. The third-order valence-corrected chi connectivity index (χ3v) is 13.7. The fourth-order valence-corrected chi connectivity index (χ4v) is 9.76. The van der Waals surface area contributed by atoms with E-state index in [1.807, 2.05) is 0 Å². The minimum Gasteiger partial charge on any atom is -0.309 e. The molecule has 7 aromatic rings. The fraction of sp³-hybridized carbons (Fsp3) is 0.355. The molecule has 324 valence electrons. The Hall–Kier alpha value is -5.40. The molecule has 0 bridgehead atoms. The van der Waals surface area contributed by atoms with Crippen LogP contribution in [0.15, 0.2) is 146 Å². The summed E-state index contributed by atoms with van der Waals surface area (Å²) in [7, 11) is 0. The first-order valence-corrected chi connectivity index (χ1v) is 23.7. The van der Waals surface area contributed by atoms with E-state index in [1.54, 1.807) is 0 Å². The van der Waals surface area contributed by atoms with Gasteiger partial charge in [0.15, 0.2) is 0 Å². The van der Waals surface area contributed by atoms with Gasteiger partial charge in [-0.15, -0.1) is 0 Å². The summed E-state index contributed by atoms with van der Waals surface area (Å²) in [6, 6.07) is 56.2. The maximum atomic E-state index is 2.60. The van der Waals surface area contributed by atoms with Crippen molar-refractivity contribution in [3.05, 3.63) is 173 Å². The summed E-state index contributed by atoms with van der Waals surface area (Å²) in [5, 5.41) is 2.72. The van der Waals surface area contributed by atoms with Crippen molar-refractivity contribution >= 4 is 27.8 Å². The highest BCUT2D eigenvalue weighted by atomic mass is 15.1. The second-order valence-corrected chi connectivity index (χ2v) is 22.6. The Bertz CT molecular complexity index is 2560. The van der Waals surface area contributed by atoms with E-state index >= 15 is 0 Å². The van der Waals surface area contributed by atoms with Gasteiger partial charge in [-0.2, -0.15) is 0 Å². The van der Waals surface area contributed by atoms with Crippen LogP contribution in [0.3, 0.4) is 0 Å². The predicted octanol–water partition coefficient (Wildman–Crippen LogP) is 18.5. The summed E-state index contributed by atoms with van der Waals surface area (Å²) < 4.78 is 0. The molecule has 0 atom stereocenters. The molecule has 7 aromatic carbocycles. The van der Waals surface area contributed by atoms with Crippen molar-refractivity contribution in [2.45, 2.75) is 143 Å². The normalized spacial score (nSPS) is 14.3. The number of benzene rings is 7. The molecule has 0 spiro atoms. The van der Waals surface area contributed by atoms with Gasteiger partial charge < -0.3 is 4.90 Å². The number of hydrogen-bond donors (Lipinski definition) is 0. The number of rotatable bonds is 7. The third-order valence-electron chi connectivity index (χ3n) is 13.7. The largest absolute Gasteiger partial charge is 0.309 e. The first kappa shape index (κ1) is 44.2. The van der Waals surface area contributed by atoms with Crippen LogP contribution in [0, 0.1) is 0 Å². The molecule has 63 heavy (non-hydrogen) atoms. The van der Waals surface area contributed by atoms with Gasteiger partial charge in [0, 0.05) is 16.7 Å². The Morgan fingerprint density at radius 2 is 0.730 bits per heavy atom. The Balaban J connectivity index is 1.46. The monoisotopic (exact) mass is 830 g/mol. The van der Waals surface area contributed by atoms with E-state index in [1.165, 1.54) is 121 Å². The SMILES string of the molecule is CC(C)(C)c1cc(-c2ccccc2N(c2ccccc2-c2cc(C(C)(C)C)cc(C(C)(C)C)c2)c2ccccc2-c2cccc3cccc(C4CCCCC4)c23)cc(C(C)(C)C)c1. The van der Waals surface area contributed by atoms with Crippen LogP contribution in [0.1, 0.15) is 149 Å². The third kappa shape index (κ3) is 9.18. The second-order valence-electron chi connectivity index (χ2n) is 22.6. The van der Waals surface area contributed by atoms with Gasteiger partial charge in [0.2, 0.25) is 0 Å². The maximum absolute atomic E-state index is 2.60. The molecule has 0 aromatic heterocycles. The van der Waals surface area contributed by atoms with Crippen molar-refractivity contribution in [3.63, 3.8) is 0 Å². The van der Waals surface area contributed by atoms with Crippen LogP contribution in [-0.2, 0) is 21.7 Å². The van der Waals surface area contributed by atoms with Crippen molar-refractivity contribution < 1.29 is 0 Å². The lowest BCUT2D eigenvalue weighted by Crippen LogP contribution is -2.18. The molecule has 0 saturated heterocycles. The Morgan fingerprint density at radius 1 is 0.365 bits per heavy atom. The summed E-state index contributed by atoms with van der Waals surface area (Å²) in [4.78, 5) is 2.60. The van der Waals surface area contributed by atoms with Crippen LogP contribution in [0.2, 0.25) is 0 Å². The van der Waals surface area contributed by atoms with Gasteiger partial charge in [-0.25, -0.2) is 0 Å². The molecular formula is C62H71N. The molecular weight excluding hydrogens is 759 g/mol. The van der Waals surface area contributed by atoms with Crippen molar-refractivity contribution in [3.8, 4) is 33.4 Å². The zero-order valence-electron chi connectivity index (χ0n) is 40.4. The first-order valence-electron chi connectivity index (χ1n) is 23.7. The Morgan fingerprint density at radius 3 is 1.16 bits per heavy atom. The smallest absolute Gasteiger partial charge is 0.0540 e. The van der Waals surface area contributed by atoms with E-state index in [2.05, 4.69) is 234 Å². The summed E-state index contributed by atoms with van der Waals surface area (Å²) in [6.07, 6.45) is 6.48. The molecule has 0 radical (unpaired) electrons. The maximum Gasteiger partial charge on any atom is 0.0540 e. The van der Waals surface area contributed by atoms with Crippen LogP contribution in [0.25, 0.3) is 44.2 Å². The topological polar surface area (TPSA) is 3.24 Å². The Labute approximate surface area is 380 Å². The highest BCUT2D eigenvalue weighted by molar-refractivity contribution is 6.05. The van der Waals surface area contributed by atoms with E-state index in [-0.39, 0.29) is 21.7 Å². The summed E-state index contributed by atoms with van der Waals surface area (Å²) in [6.45, 7) is 28.1. The van der Waals surface area contributed by atoms with Crippen LogP contribution in [-0.4, -0.2) is 0 Å². The fourth-order valence-electron chi connectivity index (χ4n) is 9.76. The van der Waals surface area contributed by atoms with E-state index in [4.69, 9.17) is 0 Å². The zero-order valence-corrected chi connectivity index (χ0v) is 40.4. The number of para-hydroxylation sites is 3. The van der Waals surface area contributed by atoms with Gasteiger partial charge in [-0.3, -0.25) is 0 Å². The molecule has 0 heterocycles. The van der Waals surface area contributed by atoms with Gasteiger partial charge in [-0.1, -0.05) is 230 Å². The van der Waals surface area contributed by atoms with E-state index in [0.29, 0.717) is 5.92 Å². The van der Waals surface area contributed by atoms with Crippen LogP contribution in [0.5, 0.6) is 0 Å². The lowest BCUT2D eigenvalue weighted by molar-refractivity contribution is 0.445. The lowest BCUT2D eigenvalue weighted by Gasteiger charge is -2.33. The molecule has 0 N–H and O–H groups in total. The minimum atomic E-state index is -0.0168. The number of fused-ring (bicyclic) bond motifs is 1. The molecule has 8 rings (SSSR count). The molecule has 1 aliphatic rings. The van der Waals surface area contributed by atoms with Crippen LogP contribution in [0.4, 0.5) is 17.1 Å². The van der Waals surface area contributed by atoms with Crippen LogP contribution >= 0.6 is 0 Å². The van der Waals surface area contributed by atoms with Gasteiger partial charge in [0.25, 0.3) is 0 Å². The first-order chi connectivity index (χ1) is 29.8. The Kier molecular flexibility index (Phi) is 11.9. The van der Waals surface area contributed by atoms with Gasteiger partial charge in [-0.05, 0) is 114 Å². The van der Waals surface area contributed by atoms with Crippen molar-refractivity contribution in [2.24, 2.45) is 0 Å². The molecule has 0 amide bonds. The second kappa shape index (κ2) is 17.0. The lowest BCUT2D eigenvalue weighted by atomic mass is 9.78. The van der Waals surface area contributed by atoms with Gasteiger partial charge in [0.05, 0.1) is 17.1 Å². The summed E-state index contributed by atoms with van der Waals surface area (Å²) in [5.74, 6) is 0.576. The summed E-state index contributed by atoms with van der Waals surface area (Å²) >= 11 is 0. The molecule has 1 heteroatoms. The molecule has 1 saturated carbocycles. The standard InChI is InChI=1S/C62H71N/c1-59(2,3)46-36-44(37-47(40-46)60(4,5)6)50-28-16-19-33-55(50)63(56-34-20-17-29-51(56)45-38-48(61(7,8)9)41-49(39-45)62(10,11)12)57-35-21-18-30-53(57)54-32-23-27-43-26-22-31-52(58(43)54)42-24-14-13-15-25-42/h16-23,26-42H,13-15,24-25H2,1-12H3. The molecule has 1 aliphatic carbocycles. The highest BCUT2D eigenvalue weighted by Gasteiger charge is 2.28. The molecule has 0 aliphatic heterocycles. The van der Waals surface area contributed by atoms with Gasteiger partial charge >= 0.3 is 0 Å².